The molecule has 25 heavy (non-hydrogen) atoms. The van der Waals surface area contributed by atoms with E-state index in [1.165, 1.54) is 11.1 Å². The van der Waals surface area contributed by atoms with Crippen molar-refractivity contribution >= 4 is 11.5 Å². The molecule has 0 fully saturated rings. The Bertz CT molecular complexity index is 688. The Morgan fingerprint density at radius 2 is 2.12 bits per heavy atom. The Hall–Kier alpha value is -2.56. The molecule has 1 aliphatic rings. The van der Waals surface area contributed by atoms with E-state index in [9.17, 15) is 0 Å². The number of aryl methyl sites for hydroxylation is 1. The highest BCUT2D eigenvalue weighted by molar-refractivity contribution is 5.81. The third-order valence-electron chi connectivity index (χ3n) is 4.35. The fourth-order valence-corrected chi connectivity index (χ4v) is 3.05. The molecule has 0 amide bonds. The molecule has 0 saturated heterocycles. The number of aliphatic imine (C=N–C) groups is 1. The normalized spacial score (nSPS) is 15.2. The first-order valence-corrected chi connectivity index (χ1v) is 9.12. The lowest BCUT2D eigenvalue weighted by atomic mass is 10.00. The summed E-state index contributed by atoms with van der Waals surface area (Å²) in [5.74, 6) is 1.02. The summed E-state index contributed by atoms with van der Waals surface area (Å²) in [6.07, 6.45) is 8.19. The van der Waals surface area contributed by atoms with Gasteiger partial charge < -0.3 is 10.2 Å². The number of hydrogen-bond donors (Lipinski definition) is 1. The first-order valence-electron chi connectivity index (χ1n) is 9.12. The third-order valence-corrected chi connectivity index (χ3v) is 4.35. The molecule has 2 aromatic rings. The van der Waals surface area contributed by atoms with E-state index >= 15 is 0 Å². The van der Waals surface area contributed by atoms with E-state index in [1.807, 2.05) is 23.1 Å². The maximum Gasteiger partial charge on any atom is 0.194 e. The Balaban J connectivity index is 1.55. The Labute approximate surface area is 150 Å². The number of hydrogen-bond acceptors (Lipinski definition) is 2. The lowest BCUT2D eigenvalue weighted by Gasteiger charge is -2.30. The summed E-state index contributed by atoms with van der Waals surface area (Å²) < 4.78 is 1.96. The molecule has 2 heterocycles. The van der Waals surface area contributed by atoms with Gasteiger partial charge in [-0.05, 0) is 37.0 Å². The van der Waals surface area contributed by atoms with Crippen LogP contribution in [-0.2, 0) is 6.54 Å². The van der Waals surface area contributed by atoms with Crippen molar-refractivity contribution in [2.45, 2.75) is 26.3 Å². The van der Waals surface area contributed by atoms with Gasteiger partial charge in [0.2, 0.25) is 0 Å². The second kappa shape index (κ2) is 9.06. The lowest BCUT2D eigenvalue weighted by molar-refractivity contribution is 0.439. The van der Waals surface area contributed by atoms with Crippen molar-refractivity contribution in [3.8, 4) is 0 Å². The van der Waals surface area contributed by atoms with Crippen molar-refractivity contribution in [3.05, 3.63) is 60.4 Å². The highest BCUT2D eigenvalue weighted by atomic mass is 15.3. The summed E-state index contributed by atoms with van der Waals surface area (Å²) in [5.41, 5.74) is 2.77. The van der Waals surface area contributed by atoms with Crippen LogP contribution in [-0.4, -0.2) is 46.8 Å². The summed E-state index contributed by atoms with van der Waals surface area (Å²) in [5, 5.41) is 7.66. The van der Waals surface area contributed by atoms with Crippen LogP contribution < -0.4 is 5.32 Å². The summed E-state index contributed by atoms with van der Waals surface area (Å²) in [7, 11) is 0. The first kappa shape index (κ1) is 17.3. The molecule has 1 aromatic heterocycles. The van der Waals surface area contributed by atoms with Crippen molar-refractivity contribution in [3.63, 3.8) is 0 Å². The SMILES string of the molecule is CCNC(=NCCCn1cccn1)N1CC=C(c2ccccc2)CC1. The van der Waals surface area contributed by atoms with E-state index in [-0.39, 0.29) is 0 Å². The molecule has 0 saturated carbocycles. The number of guanidine groups is 1. The average molecular weight is 337 g/mol. The second-order valence-electron chi connectivity index (χ2n) is 6.15. The van der Waals surface area contributed by atoms with Gasteiger partial charge in [0.05, 0.1) is 0 Å². The van der Waals surface area contributed by atoms with E-state index in [0.717, 1.165) is 51.5 Å². The van der Waals surface area contributed by atoms with Crippen molar-refractivity contribution < 1.29 is 0 Å². The van der Waals surface area contributed by atoms with Gasteiger partial charge in [0.25, 0.3) is 0 Å². The van der Waals surface area contributed by atoms with Gasteiger partial charge in [0, 0.05) is 45.1 Å². The van der Waals surface area contributed by atoms with Gasteiger partial charge in [0.15, 0.2) is 5.96 Å². The second-order valence-corrected chi connectivity index (χ2v) is 6.15. The number of aromatic nitrogens is 2. The van der Waals surface area contributed by atoms with Crippen LogP contribution in [0.2, 0.25) is 0 Å². The Morgan fingerprint density at radius 1 is 1.24 bits per heavy atom. The predicted octanol–water partition coefficient (Wildman–Crippen LogP) is 3.03. The quantitative estimate of drug-likeness (QED) is 0.501. The smallest absolute Gasteiger partial charge is 0.194 e. The zero-order valence-corrected chi connectivity index (χ0v) is 14.9. The van der Waals surface area contributed by atoms with Gasteiger partial charge in [-0.1, -0.05) is 36.4 Å². The van der Waals surface area contributed by atoms with Crippen LogP contribution >= 0.6 is 0 Å². The van der Waals surface area contributed by atoms with E-state index in [0.29, 0.717) is 0 Å². The van der Waals surface area contributed by atoms with Crippen LogP contribution in [0.3, 0.4) is 0 Å². The predicted molar refractivity (Wildman–Crippen MR) is 103 cm³/mol. The highest BCUT2D eigenvalue weighted by Crippen LogP contribution is 2.21. The molecule has 0 atom stereocenters. The van der Waals surface area contributed by atoms with E-state index in [2.05, 4.69) is 58.6 Å². The minimum absolute atomic E-state index is 0.813. The Kier molecular flexibility index (Phi) is 6.26. The molecule has 0 aliphatic carbocycles. The summed E-state index contributed by atoms with van der Waals surface area (Å²) in [4.78, 5) is 7.13. The minimum atomic E-state index is 0.813. The van der Waals surface area contributed by atoms with Crippen molar-refractivity contribution in [2.75, 3.05) is 26.2 Å². The summed E-state index contributed by atoms with van der Waals surface area (Å²) in [6.45, 7) is 6.65. The molecule has 132 valence electrons. The van der Waals surface area contributed by atoms with Crippen LogP contribution in [0.1, 0.15) is 25.3 Å². The largest absolute Gasteiger partial charge is 0.357 e. The van der Waals surface area contributed by atoms with E-state index in [1.54, 1.807) is 0 Å². The molecular weight excluding hydrogens is 310 g/mol. The van der Waals surface area contributed by atoms with Gasteiger partial charge in [0.1, 0.15) is 0 Å². The van der Waals surface area contributed by atoms with E-state index < -0.39 is 0 Å². The van der Waals surface area contributed by atoms with Gasteiger partial charge in [-0.2, -0.15) is 5.10 Å². The monoisotopic (exact) mass is 337 g/mol. The van der Waals surface area contributed by atoms with Gasteiger partial charge in [-0.3, -0.25) is 9.67 Å². The molecule has 3 rings (SSSR count). The molecule has 1 aliphatic heterocycles. The van der Waals surface area contributed by atoms with Gasteiger partial charge in [-0.25, -0.2) is 0 Å². The molecule has 5 heteroatoms. The maximum absolute atomic E-state index is 4.80. The summed E-state index contributed by atoms with van der Waals surface area (Å²) in [6, 6.07) is 12.6. The standard InChI is InChI=1S/C20H27N5/c1-2-21-20(22-12-6-14-25-15-7-13-23-25)24-16-10-19(11-17-24)18-8-4-3-5-9-18/h3-5,7-10,13,15H,2,6,11-12,14,16-17H2,1H3,(H,21,22). The first-order chi connectivity index (χ1) is 12.4. The zero-order valence-electron chi connectivity index (χ0n) is 14.9. The molecule has 1 aromatic carbocycles. The molecule has 0 spiro atoms. The summed E-state index contributed by atoms with van der Waals surface area (Å²) >= 11 is 0. The number of nitrogens with one attached hydrogen (secondary N) is 1. The number of benzene rings is 1. The minimum Gasteiger partial charge on any atom is -0.357 e. The van der Waals surface area contributed by atoms with Crippen molar-refractivity contribution in [1.29, 1.82) is 0 Å². The van der Waals surface area contributed by atoms with Crippen molar-refractivity contribution in [1.82, 2.24) is 20.0 Å². The van der Waals surface area contributed by atoms with Crippen LogP contribution in [0, 0.1) is 0 Å². The maximum atomic E-state index is 4.80. The number of nitrogens with zero attached hydrogens (tertiary/aromatic N) is 4. The van der Waals surface area contributed by atoms with Crippen LogP contribution in [0.15, 0.2) is 59.9 Å². The van der Waals surface area contributed by atoms with Crippen LogP contribution in [0.5, 0.6) is 0 Å². The molecule has 0 unspecified atom stereocenters. The van der Waals surface area contributed by atoms with E-state index in [4.69, 9.17) is 4.99 Å². The average Bonchev–Trinajstić information content (AvgIpc) is 3.19. The molecular formula is C20H27N5. The fraction of sp³-hybridized carbons (Fsp3) is 0.400. The zero-order chi connectivity index (χ0) is 17.3. The van der Waals surface area contributed by atoms with Crippen LogP contribution in [0.25, 0.3) is 5.57 Å². The topological polar surface area (TPSA) is 45.5 Å². The van der Waals surface area contributed by atoms with Gasteiger partial charge >= 0.3 is 0 Å². The number of rotatable bonds is 6. The van der Waals surface area contributed by atoms with Gasteiger partial charge in [-0.15, -0.1) is 0 Å². The fourth-order valence-electron chi connectivity index (χ4n) is 3.05. The highest BCUT2D eigenvalue weighted by Gasteiger charge is 2.15. The molecule has 1 N–H and O–H groups in total. The molecule has 5 nitrogen and oxygen atoms in total. The Morgan fingerprint density at radius 3 is 2.80 bits per heavy atom. The third kappa shape index (κ3) is 4.95. The molecule has 0 bridgehead atoms. The lowest BCUT2D eigenvalue weighted by Crippen LogP contribution is -2.43. The van der Waals surface area contributed by atoms with Crippen LogP contribution in [0.4, 0.5) is 0 Å². The molecule has 0 radical (unpaired) electrons. The van der Waals surface area contributed by atoms with Crippen molar-refractivity contribution in [2.24, 2.45) is 4.99 Å².